The number of nitrogens with zero attached hydrogens (tertiary/aromatic N) is 1. The van der Waals surface area contributed by atoms with Gasteiger partial charge in [0.1, 0.15) is 6.07 Å². The van der Waals surface area contributed by atoms with Gasteiger partial charge >= 0.3 is 0 Å². The molecule has 4 heteroatoms. The molecule has 0 saturated heterocycles. The van der Waals surface area contributed by atoms with Gasteiger partial charge in [0.05, 0.1) is 16.9 Å². The number of nitrogen functional groups attached to an aromatic ring is 1. The van der Waals surface area contributed by atoms with Gasteiger partial charge in [0.25, 0.3) is 0 Å². The number of para-hydroxylation sites is 1. The summed E-state index contributed by atoms with van der Waals surface area (Å²) in [5.41, 5.74) is 9.69. The van der Waals surface area contributed by atoms with Crippen LogP contribution in [0.3, 0.4) is 0 Å². The van der Waals surface area contributed by atoms with Crippen molar-refractivity contribution in [2.45, 2.75) is 6.92 Å². The lowest BCUT2D eigenvalue weighted by Crippen LogP contribution is -2.00. The van der Waals surface area contributed by atoms with Crippen molar-refractivity contribution in [1.29, 1.82) is 5.26 Å². The van der Waals surface area contributed by atoms with Gasteiger partial charge in [-0.05, 0) is 36.8 Å². The summed E-state index contributed by atoms with van der Waals surface area (Å²) in [6.45, 7) is 2.01. The fourth-order valence-corrected chi connectivity index (χ4v) is 2.03. The van der Waals surface area contributed by atoms with E-state index in [0.29, 0.717) is 11.3 Å². The van der Waals surface area contributed by atoms with Gasteiger partial charge in [0.15, 0.2) is 0 Å². The molecule has 0 aromatic heterocycles. The molecule has 0 saturated carbocycles. The van der Waals surface area contributed by atoms with E-state index >= 15 is 0 Å². The van der Waals surface area contributed by atoms with Crippen molar-refractivity contribution in [2.75, 3.05) is 11.1 Å². The van der Waals surface area contributed by atoms with Gasteiger partial charge in [0.2, 0.25) is 0 Å². The fraction of sp³-hybridized carbons (Fsp3) is 0.0714. The summed E-state index contributed by atoms with van der Waals surface area (Å²) in [5, 5.41) is 12.2. The number of nitrogens with two attached hydrogens (primary N) is 1. The van der Waals surface area contributed by atoms with Crippen molar-refractivity contribution >= 4 is 33.0 Å². The third-order valence-corrected chi connectivity index (χ3v) is 3.62. The summed E-state index contributed by atoms with van der Waals surface area (Å²) < 4.78 is 1.03. The van der Waals surface area contributed by atoms with E-state index in [4.69, 9.17) is 11.0 Å². The molecule has 2 aromatic carbocycles. The van der Waals surface area contributed by atoms with Crippen LogP contribution in [0.2, 0.25) is 0 Å². The minimum absolute atomic E-state index is 0.472. The Labute approximate surface area is 114 Å². The lowest BCUT2D eigenvalue weighted by Gasteiger charge is -2.13. The first-order valence-electron chi connectivity index (χ1n) is 5.44. The topological polar surface area (TPSA) is 61.8 Å². The van der Waals surface area contributed by atoms with E-state index in [9.17, 15) is 0 Å². The number of rotatable bonds is 2. The summed E-state index contributed by atoms with van der Waals surface area (Å²) >= 11 is 3.48. The number of nitrogens with one attached hydrogen (secondary N) is 1. The largest absolute Gasteiger partial charge is 0.396 e. The second kappa shape index (κ2) is 5.11. The van der Waals surface area contributed by atoms with Crippen LogP contribution in [0.15, 0.2) is 40.9 Å². The molecule has 0 heterocycles. The van der Waals surface area contributed by atoms with E-state index < -0.39 is 0 Å². The molecular weight excluding hydrogens is 290 g/mol. The Hall–Kier alpha value is -1.99. The Balaban J connectivity index is 2.41. The Bertz CT molecular complexity index is 629. The van der Waals surface area contributed by atoms with Crippen molar-refractivity contribution in [3.05, 3.63) is 52.0 Å². The normalized spacial score (nSPS) is 9.83. The van der Waals surface area contributed by atoms with Gasteiger partial charge < -0.3 is 11.1 Å². The fourth-order valence-electron chi connectivity index (χ4n) is 1.66. The van der Waals surface area contributed by atoms with Crippen molar-refractivity contribution < 1.29 is 0 Å². The molecule has 18 heavy (non-hydrogen) atoms. The first-order chi connectivity index (χ1) is 8.63. The predicted molar refractivity (Wildman–Crippen MR) is 77.7 cm³/mol. The van der Waals surface area contributed by atoms with E-state index in [0.717, 1.165) is 21.4 Å². The van der Waals surface area contributed by atoms with Crippen LogP contribution >= 0.6 is 15.9 Å². The van der Waals surface area contributed by atoms with Crippen LogP contribution in [0.4, 0.5) is 17.1 Å². The summed E-state index contributed by atoms with van der Waals surface area (Å²) in [6.07, 6.45) is 0. The highest BCUT2D eigenvalue weighted by Gasteiger charge is 2.07. The van der Waals surface area contributed by atoms with Gasteiger partial charge in [-0.3, -0.25) is 0 Å². The van der Waals surface area contributed by atoms with Gasteiger partial charge in [0, 0.05) is 10.2 Å². The average molecular weight is 302 g/mol. The number of nitriles is 1. The third-order valence-electron chi connectivity index (χ3n) is 2.76. The monoisotopic (exact) mass is 301 g/mol. The highest BCUT2D eigenvalue weighted by atomic mass is 79.9. The molecule has 90 valence electrons. The summed E-state index contributed by atoms with van der Waals surface area (Å²) in [7, 11) is 0. The maximum absolute atomic E-state index is 8.94. The Morgan fingerprint density at radius 2 is 1.83 bits per heavy atom. The van der Waals surface area contributed by atoms with E-state index in [1.807, 2.05) is 37.3 Å². The van der Waals surface area contributed by atoms with Crippen LogP contribution in [-0.4, -0.2) is 0 Å². The molecule has 0 aliphatic heterocycles. The molecular formula is C14H12BrN3. The number of hydrogen-bond acceptors (Lipinski definition) is 3. The van der Waals surface area contributed by atoms with Crippen LogP contribution in [0.5, 0.6) is 0 Å². The molecule has 0 amide bonds. The molecule has 2 aromatic rings. The predicted octanol–water partition coefficient (Wildman–Crippen LogP) is 3.96. The quantitative estimate of drug-likeness (QED) is 0.826. The number of halogens is 1. The molecule has 0 aliphatic rings. The minimum Gasteiger partial charge on any atom is -0.396 e. The van der Waals surface area contributed by atoms with Crippen LogP contribution in [0.1, 0.15) is 11.1 Å². The molecule has 2 rings (SSSR count). The molecule has 0 unspecified atom stereocenters. The zero-order valence-electron chi connectivity index (χ0n) is 9.87. The molecule has 0 aliphatic carbocycles. The summed E-state index contributed by atoms with van der Waals surface area (Å²) in [5.74, 6) is 0. The number of benzene rings is 2. The summed E-state index contributed by atoms with van der Waals surface area (Å²) in [6, 6.07) is 13.3. The second-order valence-corrected chi connectivity index (χ2v) is 4.77. The van der Waals surface area contributed by atoms with Crippen LogP contribution in [-0.2, 0) is 0 Å². The third kappa shape index (κ3) is 2.31. The van der Waals surface area contributed by atoms with Crippen molar-refractivity contribution in [2.24, 2.45) is 0 Å². The highest BCUT2D eigenvalue weighted by Crippen LogP contribution is 2.30. The van der Waals surface area contributed by atoms with Crippen molar-refractivity contribution in [1.82, 2.24) is 0 Å². The minimum atomic E-state index is 0.472. The Morgan fingerprint density at radius 3 is 2.56 bits per heavy atom. The molecule has 3 nitrogen and oxygen atoms in total. The standard InChI is InChI=1S/C14H12BrN3/c1-9-11(15)5-3-6-12(9)18-13-7-2-4-10(8-16)14(13)17/h2-7,18H,17H2,1H3. The lowest BCUT2D eigenvalue weighted by atomic mass is 10.1. The second-order valence-electron chi connectivity index (χ2n) is 3.92. The molecule has 0 spiro atoms. The molecule has 0 radical (unpaired) electrons. The van der Waals surface area contributed by atoms with E-state index in [1.165, 1.54) is 0 Å². The Kier molecular flexibility index (Phi) is 3.54. The van der Waals surface area contributed by atoms with Crippen LogP contribution in [0.25, 0.3) is 0 Å². The maximum Gasteiger partial charge on any atom is 0.101 e. The van der Waals surface area contributed by atoms with Gasteiger partial charge in [-0.1, -0.05) is 28.1 Å². The summed E-state index contributed by atoms with van der Waals surface area (Å²) in [4.78, 5) is 0. The van der Waals surface area contributed by atoms with E-state index in [-0.39, 0.29) is 0 Å². The zero-order valence-corrected chi connectivity index (χ0v) is 11.5. The first kappa shape index (κ1) is 12.5. The average Bonchev–Trinajstić information content (AvgIpc) is 2.37. The van der Waals surface area contributed by atoms with Gasteiger partial charge in [-0.2, -0.15) is 5.26 Å². The van der Waals surface area contributed by atoms with Gasteiger partial charge in [-0.25, -0.2) is 0 Å². The molecule has 0 fully saturated rings. The first-order valence-corrected chi connectivity index (χ1v) is 6.23. The number of anilines is 3. The Morgan fingerprint density at radius 1 is 1.17 bits per heavy atom. The lowest BCUT2D eigenvalue weighted by molar-refractivity contribution is 1.40. The van der Waals surface area contributed by atoms with E-state index in [1.54, 1.807) is 6.07 Å². The number of hydrogen-bond donors (Lipinski definition) is 2. The van der Waals surface area contributed by atoms with Crippen LogP contribution < -0.4 is 11.1 Å². The van der Waals surface area contributed by atoms with Crippen LogP contribution in [0, 0.1) is 18.3 Å². The smallest absolute Gasteiger partial charge is 0.101 e. The molecule has 3 N–H and O–H groups in total. The van der Waals surface area contributed by atoms with Crippen molar-refractivity contribution in [3.63, 3.8) is 0 Å². The molecule has 0 atom stereocenters. The molecule has 0 bridgehead atoms. The zero-order chi connectivity index (χ0) is 13.1. The van der Waals surface area contributed by atoms with Crippen molar-refractivity contribution in [3.8, 4) is 6.07 Å². The highest BCUT2D eigenvalue weighted by molar-refractivity contribution is 9.10. The SMILES string of the molecule is Cc1c(Br)cccc1Nc1cccc(C#N)c1N. The van der Waals surface area contributed by atoms with E-state index in [2.05, 4.69) is 27.3 Å². The van der Waals surface area contributed by atoms with Gasteiger partial charge in [-0.15, -0.1) is 0 Å². The maximum atomic E-state index is 8.94.